The van der Waals surface area contributed by atoms with E-state index in [9.17, 15) is 9.59 Å². The van der Waals surface area contributed by atoms with Crippen molar-refractivity contribution in [2.24, 2.45) is 0 Å². The van der Waals surface area contributed by atoms with Crippen molar-refractivity contribution in [3.63, 3.8) is 0 Å². The quantitative estimate of drug-likeness (QED) is 0.886. The van der Waals surface area contributed by atoms with Crippen molar-refractivity contribution in [3.05, 3.63) is 35.5 Å². The number of nitrogens with one attached hydrogen (secondary N) is 2. The van der Waals surface area contributed by atoms with Gasteiger partial charge in [-0.15, -0.1) is 11.8 Å². The van der Waals surface area contributed by atoms with Crippen LogP contribution in [0.1, 0.15) is 28.5 Å². The van der Waals surface area contributed by atoms with Crippen LogP contribution in [0.4, 0.5) is 5.69 Å². The van der Waals surface area contributed by atoms with Crippen LogP contribution in [0.2, 0.25) is 0 Å². The van der Waals surface area contributed by atoms with Crippen LogP contribution in [0.25, 0.3) is 0 Å². The number of anilines is 1. The Hall–Kier alpha value is -2.35. The third-order valence-electron chi connectivity index (χ3n) is 3.30. The summed E-state index contributed by atoms with van der Waals surface area (Å²) in [4.78, 5) is 28.9. The highest BCUT2D eigenvalue weighted by atomic mass is 32.2. The van der Waals surface area contributed by atoms with E-state index in [-0.39, 0.29) is 11.8 Å². The minimum atomic E-state index is -0.201. The second-order valence-corrected chi connectivity index (χ2v) is 6.24. The van der Waals surface area contributed by atoms with Crippen molar-refractivity contribution in [1.29, 1.82) is 0 Å². The number of amides is 2. The zero-order chi connectivity index (χ0) is 16.2. The Kier molecular flexibility index (Phi) is 4.61. The Morgan fingerprint density at radius 3 is 3.13 bits per heavy atom. The van der Waals surface area contributed by atoms with Gasteiger partial charge in [-0.3, -0.25) is 9.59 Å². The van der Waals surface area contributed by atoms with Crippen LogP contribution in [0, 0.1) is 6.92 Å². The first kappa shape index (κ1) is 15.5. The van der Waals surface area contributed by atoms with E-state index in [1.807, 2.05) is 6.07 Å². The number of thioether (sulfide) groups is 1. The number of aryl methyl sites for hydroxylation is 1. The monoisotopic (exact) mass is 332 g/mol. The highest BCUT2D eigenvalue weighted by molar-refractivity contribution is 7.99. The normalized spacial score (nSPS) is 13.9. The molecule has 2 aromatic rings. The van der Waals surface area contributed by atoms with Gasteiger partial charge in [-0.2, -0.15) is 4.98 Å². The van der Waals surface area contributed by atoms with Crippen LogP contribution < -0.4 is 10.6 Å². The lowest BCUT2D eigenvalue weighted by molar-refractivity contribution is -0.115. The fourth-order valence-corrected chi connectivity index (χ4v) is 3.12. The van der Waals surface area contributed by atoms with Crippen molar-refractivity contribution in [2.45, 2.75) is 24.7 Å². The smallest absolute Gasteiger partial charge is 0.251 e. The zero-order valence-corrected chi connectivity index (χ0v) is 13.4. The highest BCUT2D eigenvalue weighted by Crippen LogP contribution is 2.31. The van der Waals surface area contributed by atoms with Crippen LogP contribution >= 0.6 is 11.8 Å². The Bertz CT molecular complexity index is 744. The van der Waals surface area contributed by atoms with E-state index in [1.165, 1.54) is 0 Å². The minimum absolute atomic E-state index is 0.0272. The number of benzene rings is 1. The van der Waals surface area contributed by atoms with Gasteiger partial charge < -0.3 is 15.2 Å². The molecule has 0 saturated carbocycles. The molecule has 1 aromatic heterocycles. The van der Waals surface area contributed by atoms with E-state index in [0.29, 0.717) is 42.4 Å². The molecule has 0 bridgehead atoms. The van der Waals surface area contributed by atoms with Gasteiger partial charge in [0.25, 0.3) is 5.91 Å². The van der Waals surface area contributed by atoms with E-state index in [4.69, 9.17) is 4.52 Å². The lowest BCUT2D eigenvalue weighted by Gasteiger charge is -2.09. The summed E-state index contributed by atoms with van der Waals surface area (Å²) in [5.41, 5.74) is 1.20. The Labute approximate surface area is 137 Å². The molecular formula is C15H16N4O3S. The maximum atomic E-state index is 12.2. The molecule has 8 heteroatoms. The molecule has 0 radical (unpaired) electrons. The second-order valence-electron chi connectivity index (χ2n) is 5.10. The van der Waals surface area contributed by atoms with Crippen LogP contribution in [0.3, 0.4) is 0 Å². The van der Waals surface area contributed by atoms with Crippen LogP contribution in [0.5, 0.6) is 0 Å². The van der Waals surface area contributed by atoms with Gasteiger partial charge in [0.05, 0.1) is 5.69 Å². The first-order valence-corrected chi connectivity index (χ1v) is 8.24. The van der Waals surface area contributed by atoms with Gasteiger partial charge in [-0.1, -0.05) is 5.16 Å². The Morgan fingerprint density at radius 1 is 1.48 bits per heavy atom. The molecule has 23 heavy (non-hydrogen) atoms. The van der Waals surface area contributed by atoms with Crippen LogP contribution in [0.15, 0.2) is 27.6 Å². The molecule has 3 rings (SSSR count). The summed E-state index contributed by atoms with van der Waals surface area (Å²) in [6.07, 6.45) is 0.953. The number of rotatable bonds is 4. The number of nitrogens with zero attached hydrogens (tertiary/aromatic N) is 2. The molecule has 0 unspecified atom stereocenters. The van der Waals surface area contributed by atoms with E-state index in [2.05, 4.69) is 20.8 Å². The fourth-order valence-electron chi connectivity index (χ4n) is 2.19. The third-order valence-corrected chi connectivity index (χ3v) is 4.37. The number of carbonyl (C=O) groups is 2. The average molecular weight is 332 g/mol. The number of hydrogen-bond donors (Lipinski definition) is 2. The highest BCUT2D eigenvalue weighted by Gasteiger charge is 2.15. The molecule has 1 aliphatic rings. The SMILES string of the molecule is Cc1noc(CCNC(=O)c2ccc3c(c2)NC(=O)CCS3)n1. The Balaban J connectivity index is 1.62. The molecule has 2 N–H and O–H groups in total. The van der Waals surface area contributed by atoms with Gasteiger partial charge in [0.1, 0.15) is 0 Å². The van der Waals surface area contributed by atoms with Gasteiger partial charge in [0.15, 0.2) is 5.82 Å². The Morgan fingerprint density at radius 2 is 2.35 bits per heavy atom. The largest absolute Gasteiger partial charge is 0.352 e. The lowest BCUT2D eigenvalue weighted by atomic mass is 10.2. The predicted molar refractivity (Wildman–Crippen MR) is 85.5 cm³/mol. The summed E-state index contributed by atoms with van der Waals surface area (Å²) in [6, 6.07) is 5.33. The van der Waals surface area contributed by atoms with Crippen molar-refractivity contribution >= 4 is 29.3 Å². The number of aromatic nitrogens is 2. The van der Waals surface area contributed by atoms with Crippen molar-refractivity contribution in [3.8, 4) is 0 Å². The molecule has 2 heterocycles. The maximum absolute atomic E-state index is 12.2. The molecule has 1 aliphatic heterocycles. The fraction of sp³-hybridized carbons (Fsp3) is 0.333. The van der Waals surface area contributed by atoms with Crippen molar-refractivity contribution in [2.75, 3.05) is 17.6 Å². The van der Waals surface area contributed by atoms with Crippen LogP contribution in [-0.4, -0.2) is 34.3 Å². The molecule has 0 saturated heterocycles. The molecule has 7 nitrogen and oxygen atoms in total. The molecule has 0 fully saturated rings. The van der Waals surface area contributed by atoms with Gasteiger partial charge in [0.2, 0.25) is 11.8 Å². The van der Waals surface area contributed by atoms with E-state index >= 15 is 0 Å². The van der Waals surface area contributed by atoms with E-state index < -0.39 is 0 Å². The molecule has 0 spiro atoms. The minimum Gasteiger partial charge on any atom is -0.352 e. The van der Waals surface area contributed by atoms with Gasteiger partial charge in [-0.25, -0.2) is 0 Å². The lowest BCUT2D eigenvalue weighted by Crippen LogP contribution is -2.26. The summed E-state index contributed by atoms with van der Waals surface area (Å²) in [6.45, 7) is 2.15. The number of fused-ring (bicyclic) bond motifs is 1. The summed E-state index contributed by atoms with van der Waals surface area (Å²) >= 11 is 1.61. The van der Waals surface area contributed by atoms with Gasteiger partial charge >= 0.3 is 0 Å². The van der Waals surface area contributed by atoms with E-state index in [0.717, 1.165) is 10.6 Å². The molecule has 2 amide bonds. The average Bonchev–Trinajstić information content (AvgIpc) is 2.84. The molecule has 120 valence electrons. The topological polar surface area (TPSA) is 97.1 Å². The van der Waals surface area contributed by atoms with Crippen molar-refractivity contribution < 1.29 is 14.1 Å². The first-order chi connectivity index (χ1) is 11.1. The first-order valence-electron chi connectivity index (χ1n) is 7.26. The van der Waals surface area contributed by atoms with Crippen LogP contribution in [-0.2, 0) is 11.2 Å². The summed E-state index contributed by atoms with van der Waals surface area (Å²) in [5.74, 6) is 1.58. The molecular weight excluding hydrogens is 316 g/mol. The van der Waals surface area contributed by atoms with E-state index in [1.54, 1.807) is 30.8 Å². The summed E-state index contributed by atoms with van der Waals surface area (Å²) in [5, 5.41) is 9.33. The molecule has 0 atom stereocenters. The molecule has 1 aromatic carbocycles. The maximum Gasteiger partial charge on any atom is 0.251 e. The second kappa shape index (κ2) is 6.82. The third kappa shape index (κ3) is 3.89. The number of carbonyl (C=O) groups excluding carboxylic acids is 2. The standard InChI is InChI=1S/C15H16N4O3S/c1-9-17-14(22-19-9)4-6-16-15(21)10-2-3-12-11(8-10)18-13(20)5-7-23-12/h2-3,8H,4-7H2,1H3,(H,16,21)(H,18,20). The number of hydrogen-bond acceptors (Lipinski definition) is 6. The van der Waals surface area contributed by atoms with Crippen molar-refractivity contribution in [1.82, 2.24) is 15.5 Å². The van der Waals surface area contributed by atoms with Gasteiger partial charge in [0, 0.05) is 35.6 Å². The zero-order valence-electron chi connectivity index (χ0n) is 12.6. The van der Waals surface area contributed by atoms with Gasteiger partial charge in [-0.05, 0) is 25.1 Å². The predicted octanol–water partition coefficient (Wildman–Crippen LogP) is 1.78. The summed E-state index contributed by atoms with van der Waals surface area (Å²) in [7, 11) is 0. The molecule has 0 aliphatic carbocycles. The summed E-state index contributed by atoms with van der Waals surface area (Å²) < 4.78 is 4.99.